The van der Waals surface area contributed by atoms with Crippen LogP contribution < -0.4 is 33.8 Å². The maximum Gasteiger partial charge on any atom is 0.337 e. The summed E-state index contributed by atoms with van der Waals surface area (Å²) in [6, 6.07) is 15.6. The van der Waals surface area contributed by atoms with Crippen molar-refractivity contribution in [3.8, 4) is 23.0 Å². The Bertz CT molecular complexity index is 1950. The summed E-state index contributed by atoms with van der Waals surface area (Å²) < 4.78 is 30.9. The Morgan fingerprint density at radius 1 is 1.02 bits per heavy atom. The number of hydrogen-bond donors (Lipinski definition) is 0. The van der Waals surface area contributed by atoms with Gasteiger partial charge in [0.1, 0.15) is 6.61 Å². The summed E-state index contributed by atoms with van der Waals surface area (Å²) in [6.07, 6.45) is 3.20. The van der Waals surface area contributed by atoms with Gasteiger partial charge in [0.2, 0.25) is 0 Å². The first-order valence-corrected chi connectivity index (χ1v) is 16.0. The molecule has 0 saturated carbocycles. The number of rotatable bonds is 11. The van der Waals surface area contributed by atoms with Crippen molar-refractivity contribution in [2.45, 2.75) is 26.5 Å². The number of ether oxygens (including phenoxy) is 5. The van der Waals surface area contributed by atoms with Gasteiger partial charge in [-0.2, -0.15) is 0 Å². The molecule has 12 heteroatoms. The van der Waals surface area contributed by atoms with Gasteiger partial charge < -0.3 is 23.7 Å². The summed E-state index contributed by atoms with van der Waals surface area (Å²) in [7, 11) is 2.84. The molecule has 0 spiro atoms. The fraction of sp³-hybridized carbons (Fsp3) is 0.242. The second kappa shape index (κ2) is 14.4. The third kappa shape index (κ3) is 6.80. The third-order valence-corrected chi connectivity index (χ3v) is 8.84. The van der Waals surface area contributed by atoms with Crippen LogP contribution in [0.15, 0.2) is 80.6 Å². The highest BCUT2D eigenvalue weighted by Gasteiger charge is 2.31. The predicted octanol–water partition coefficient (Wildman–Crippen LogP) is 5.82. The molecule has 0 N–H and O–H groups in total. The number of thiazole rings is 1. The maximum absolute atomic E-state index is 14.0. The number of fused-ring (bicyclic) bond motifs is 1. The number of nitrogens with zero attached hydrogens (tertiary/aromatic N) is 2. The lowest BCUT2D eigenvalue weighted by Crippen LogP contribution is -2.39. The summed E-state index contributed by atoms with van der Waals surface area (Å²) in [5, 5.41) is 0.604. The Hall–Kier alpha value is -4.06. The molecule has 0 aliphatic carbocycles. The number of esters is 1. The van der Waals surface area contributed by atoms with Gasteiger partial charge in [-0.1, -0.05) is 47.2 Å². The van der Waals surface area contributed by atoms with E-state index in [2.05, 4.69) is 20.9 Å². The van der Waals surface area contributed by atoms with Gasteiger partial charge in [0, 0.05) is 16.8 Å². The highest BCUT2D eigenvalue weighted by atomic mass is 79.9. The normalized spacial score (nSPS) is 14.2. The van der Waals surface area contributed by atoms with E-state index in [0.717, 1.165) is 5.56 Å². The van der Waals surface area contributed by atoms with Crippen LogP contribution in [0.4, 0.5) is 0 Å². The molecule has 0 saturated heterocycles. The van der Waals surface area contributed by atoms with Gasteiger partial charge in [-0.05, 0) is 77.3 Å². The van der Waals surface area contributed by atoms with Crippen LogP contribution in [0, 0.1) is 0 Å². The standard InChI is InChI=1S/C33H30BrClN2O7S/c1-5-42-25-12-11-20(16-26(25)43-6-2)29-22(32(39)41-4)17-36-33-37(29)31(38)28(45-33)15-19-13-23(34)30(27(14-19)40-3)44-18-21-9-7-8-10-24(21)35/h7-17,29H,5-6,18H2,1-4H3/b28-15+/t29-/m1/s1. The minimum Gasteiger partial charge on any atom is -0.493 e. The van der Waals surface area contributed by atoms with Gasteiger partial charge in [-0.15, -0.1) is 0 Å². The van der Waals surface area contributed by atoms with Crippen LogP contribution in [0.1, 0.15) is 36.6 Å². The van der Waals surface area contributed by atoms with Crippen LogP contribution in [0.3, 0.4) is 0 Å². The lowest BCUT2D eigenvalue weighted by Gasteiger charge is -2.23. The van der Waals surface area contributed by atoms with E-state index in [1.807, 2.05) is 38.1 Å². The zero-order chi connectivity index (χ0) is 32.1. The van der Waals surface area contributed by atoms with E-state index >= 15 is 0 Å². The van der Waals surface area contributed by atoms with Crippen molar-refractivity contribution in [3.05, 3.63) is 112 Å². The van der Waals surface area contributed by atoms with Crippen LogP contribution in [-0.2, 0) is 16.1 Å². The summed E-state index contributed by atoms with van der Waals surface area (Å²) in [5.41, 5.74) is 2.06. The molecule has 0 amide bonds. The minimum atomic E-state index is -0.799. The molecular formula is C33H30BrClN2O7S. The van der Waals surface area contributed by atoms with Crippen molar-refractivity contribution in [1.29, 1.82) is 0 Å². The Labute approximate surface area is 277 Å². The average molecular weight is 714 g/mol. The number of methoxy groups -OCH3 is 2. The molecule has 0 fully saturated rings. The van der Waals surface area contributed by atoms with Crippen molar-refractivity contribution >= 4 is 50.9 Å². The Balaban J connectivity index is 1.57. The Morgan fingerprint density at radius 2 is 1.78 bits per heavy atom. The van der Waals surface area contributed by atoms with Crippen molar-refractivity contribution in [2.75, 3.05) is 27.4 Å². The number of aromatic nitrogens is 1. The lowest BCUT2D eigenvalue weighted by molar-refractivity contribution is -0.136. The van der Waals surface area contributed by atoms with Crippen LogP contribution in [-0.4, -0.2) is 38.0 Å². The molecule has 4 aromatic rings. The molecule has 1 aliphatic rings. The Kier molecular flexibility index (Phi) is 10.3. The maximum atomic E-state index is 14.0. The highest BCUT2D eigenvalue weighted by Crippen LogP contribution is 2.38. The summed E-state index contributed by atoms with van der Waals surface area (Å²) >= 11 is 11.1. The van der Waals surface area contributed by atoms with Crippen molar-refractivity contribution in [2.24, 2.45) is 4.99 Å². The molecular weight excluding hydrogens is 684 g/mol. The summed E-state index contributed by atoms with van der Waals surface area (Å²) in [5.74, 6) is 1.45. The molecule has 1 atom stereocenters. The molecule has 0 radical (unpaired) electrons. The number of carbonyl (C=O) groups is 1. The molecule has 9 nitrogen and oxygen atoms in total. The van der Waals surface area contributed by atoms with Crippen LogP contribution in [0.25, 0.3) is 6.08 Å². The van der Waals surface area contributed by atoms with Gasteiger partial charge in [0.15, 0.2) is 27.8 Å². The van der Waals surface area contributed by atoms with Crippen LogP contribution >= 0.6 is 38.9 Å². The summed E-state index contributed by atoms with van der Waals surface area (Å²) in [6.45, 7) is 4.86. The largest absolute Gasteiger partial charge is 0.493 e. The molecule has 3 aromatic carbocycles. The van der Waals surface area contributed by atoms with E-state index < -0.39 is 12.0 Å². The first-order chi connectivity index (χ1) is 21.8. The van der Waals surface area contributed by atoms with Gasteiger partial charge >= 0.3 is 5.97 Å². The molecule has 2 heterocycles. The highest BCUT2D eigenvalue weighted by molar-refractivity contribution is 9.10. The lowest BCUT2D eigenvalue weighted by atomic mass is 9.97. The summed E-state index contributed by atoms with van der Waals surface area (Å²) in [4.78, 5) is 31.8. The number of benzene rings is 3. The molecule has 5 rings (SSSR count). The van der Waals surface area contributed by atoms with Crippen LogP contribution in [0.2, 0.25) is 5.02 Å². The first kappa shape index (κ1) is 32.3. The SMILES string of the molecule is CCOc1ccc([C@@H]2C(C(=O)OC)=CN=c3s/c(=C/c4cc(Br)c(OCc5ccccc5Cl)c(OC)c4)c(=O)n32)cc1OCC. The fourth-order valence-electron chi connectivity index (χ4n) is 4.87. The first-order valence-electron chi connectivity index (χ1n) is 14.0. The minimum absolute atomic E-state index is 0.215. The van der Waals surface area contributed by atoms with E-state index in [4.69, 9.17) is 35.3 Å². The molecule has 1 aliphatic heterocycles. The predicted molar refractivity (Wildman–Crippen MR) is 176 cm³/mol. The molecule has 1 aromatic heterocycles. The van der Waals surface area contributed by atoms with Gasteiger partial charge in [-0.3, -0.25) is 9.36 Å². The number of halogens is 2. The zero-order valence-corrected chi connectivity index (χ0v) is 28.1. The van der Waals surface area contributed by atoms with Gasteiger partial charge in [0.05, 0.1) is 48.1 Å². The van der Waals surface area contributed by atoms with E-state index in [9.17, 15) is 9.59 Å². The molecule has 45 heavy (non-hydrogen) atoms. The molecule has 0 bridgehead atoms. The monoisotopic (exact) mass is 712 g/mol. The quantitative estimate of drug-likeness (QED) is 0.181. The van der Waals surface area contributed by atoms with E-state index in [1.54, 1.807) is 43.5 Å². The van der Waals surface area contributed by atoms with Crippen LogP contribution in [0.5, 0.6) is 23.0 Å². The van der Waals surface area contributed by atoms with Crippen molar-refractivity contribution in [1.82, 2.24) is 4.57 Å². The molecule has 234 valence electrons. The topological polar surface area (TPSA) is 97.6 Å². The second-order valence-corrected chi connectivity index (χ2v) is 11.9. The smallest absolute Gasteiger partial charge is 0.337 e. The van der Waals surface area contributed by atoms with Crippen molar-refractivity contribution < 1.29 is 28.5 Å². The second-order valence-electron chi connectivity index (χ2n) is 9.66. The van der Waals surface area contributed by atoms with E-state index in [-0.39, 0.29) is 17.7 Å². The van der Waals surface area contributed by atoms with Gasteiger partial charge in [0.25, 0.3) is 5.56 Å². The average Bonchev–Trinajstić information content (AvgIpc) is 3.35. The third-order valence-electron chi connectivity index (χ3n) is 6.89. The van der Waals surface area contributed by atoms with Gasteiger partial charge in [-0.25, -0.2) is 9.79 Å². The van der Waals surface area contributed by atoms with E-state index in [0.29, 0.717) is 66.2 Å². The number of carbonyl (C=O) groups excluding carboxylic acids is 1. The van der Waals surface area contributed by atoms with E-state index in [1.165, 1.54) is 29.2 Å². The molecule has 0 unspecified atom stereocenters. The Morgan fingerprint density at radius 3 is 2.49 bits per heavy atom. The number of hydrogen-bond acceptors (Lipinski definition) is 9. The zero-order valence-electron chi connectivity index (χ0n) is 25.0. The van der Waals surface area contributed by atoms with Crippen molar-refractivity contribution in [3.63, 3.8) is 0 Å². The fourth-order valence-corrected chi connectivity index (χ4v) is 6.60.